The lowest BCUT2D eigenvalue weighted by molar-refractivity contribution is -0.127. The molecule has 0 aromatic carbocycles. The van der Waals surface area contributed by atoms with Crippen molar-refractivity contribution in [2.24, 2.45) is 11.0 Å². The summed E-state index contributed by atoms with van der Waals surface area (Å²) in [5.74, 6) is 0.306. The maximum atomic E-state index is 11.5. The molecule has 88 valence electrons. The first-order valence-corrected chi connectivity index (χ1v) is 5.29. The first-order chi connectivity index (χ1) is 7.77. The van der Waals surface area contributed by atoms with Crippen molar-refractivity contribution in [2.45, 2.75) is 12.8 Å². The summed E-state index contributed by atoms with van der Waals surface area (Å²) in [5.41, 5.74) is 8.19. The predicted molar refractivity (Wildman–Crippen MR) is 59.5 cm³/mol. The number of likely N-dealkylation sites (tertiary alicyclic amines) is 1. The number of rotatable bonds is 7. The van der Waals surface area contributed by atoms with E-state index >= 15 is 0 Å². The van der Waals surface area contributed by atoms with E-state index in [9.17, 15) is 4.79 Å². The van der Waals surface area contributed by atoms with E-state index in [1.54, 1.807) is 4.90 Å². The zero-order chi connectivity index (χ0) is 11.8. The van der Waals surface area contributed by atoms with Crippen LogP contribution in [0.5, 0.6) is 0 Å². The number of carbonyl (C=O) groups excluding carboxylic acids is 1. The van der Waals surface area contributed by atoms with Gasteiger partial charge in [-0.1, -0.05) is 11.7 Å². The molecule has 0 aromatic heterocycles. The summed E-state index contributed by atoms with van der Waals surface area (Å²) >= 11 is 0. The van der Waals surface area contributed by atoms with Gasteiger partial charge in [0.05, 0.1) is 12.9 Å². The maximum Gasteiger partial charge on any atom is 0.222 e. The van der Waals surface area contributed by atoms with Crippen LogP contribution < -0.4 is 0 Å². The molecule has 6 heteroatoms. The van der Waals surface area contributed by atoms with Crippen LogP contribution in [0.25, 0.3) is 10.4 Å². The molecule has 0 N–H and O–H groups in total. The monoisotopic (exact) mass is 224 g/mol. The second kappa shape index (κ2) is 6.74. The highest BCUT2D eigenvalue weighted by molar-refractivity contribution is 5.78. The fourth-order valence-electron chi connectivity index (χ4n) is 1.77. The normalized spacial score (nSPS) is 19.4. The van der Waals surface area contributed by atoms with Crippen molar-refractivity contribution in [1.29, 1.82) is 0 Å². The van der Waals surface area contributed by atoms with Gasteiger partial charge in [-0.25, -0.2) is 0 Å². The molecule has 16 heavy (non-hydrogen) atoms. The Balaban J connectivity index is 2.25. The molecule has 1 unspecified atom stereocenters. The number of carbonyl (C=O) groups is 1. The lowest BCUT2D eigenvalue weighted by Crippen LogP contribution is -2.27. The van der Waals surface area contributed by atoms with E-state index in [2.05, 4.69) is 16.6 Å². The van der Waals surface area contributed by atoms with Gasteiger partial charge in [0.25, 0.3) is 0 Å². The number of ether oxygens (including phenoxy) is 1. The molecule has 1 atom stereocenters. The quantitative estimate of drug-likeness (QED) is 0.217. The molecular weight excluding hydrogens is 208 g/mol. The van der Waals surface area contributed by atoms with E-state index in [0.29, 0.717) is 32.7 Å². The molecule has 1 fully saturated rings. The highest BCUT2D eigenvalue weighted by Gasteiger charge is 2.28. The van der Waals surface area contributed by atoms with E-state index in [0.717, 1.165) is 6.42 Å². The van der Waals surface area contributed by atoms with Crippen LogP contribution in [0.3, 0.4) is 0 Å². The van der Waals surface area contributed by atoms with Crippen molar-refractivity contribution in [3.05, 3.63) is 23.3 Å². The van der Waals surface area contributed by atoms with Crippen LogP contribution >= 0.6 is 0 Å². The van der Waals surface area contributed by atoms with E-state index in [-0.39, 0.29) is 11.8 Å². The minimum atomic E-state index is 0.136. The summed E-state index contributed by atoms with van der Waals surface area (Å²) in [7, 11) is 0. The van der Waals surface area contributed by atoms with E-state index in [4.69, 9.17) is 10.3 Å². The van der Waals surface area contributed by atoms with Crippen LogP contribution in [-0.2, 0) is 9.53 Å². The van der Waals surface area contributed by atoms with Gasteiger partial charge in [-0.05, 0) is 17.9 Å². The van der Waals surface area contributed by atoms with Crippen molar-refractivity contribution in [2.75, 3.05) is 26.2 Å². The van der Waals surface area contributed by atoms with Crippen LogP contribution in [0, 0.1) is 5.92 Å². The number of hydrogen-bond acceptors (Lipinski definition) is 3. The molecule has 1 amide bonds. The molecule has 0 aliphatic carbocycles. The highest BCUT2D eigenvalue weighted by atomic mass is 16.5. The van der Waals surface area contributed by atoms with Gasteiger partial charge in [0.1, 0.15) is 0 Å². The molecule has 1 heterocycles. The zero-order valence-corrected chi connectivity index (χ0v) is 9.21. The minimum absolute atomic E-state index is 0.136. The molecule has 1 rings (SSSR count). The van der Waals surface area contributed by atoms with Crippen molar-refractivity contribution >= 4 is 5.91 Å². The third-order valence-electron chi connectivity index (χ3n) is 2.51. The number of azide groups is 1. The van der Waals surface area contributed by atoms with Gasteiger partial charge < -0.3 is 9.64 Å². The number of nitrogens with zero attached hydrogens (tertiary/aromatic N) is 4. The number of amides is 1. The Morgan fingerprint density at radius 3 is 3.25 bits per heavy atom. The molecular formula is C10H16N4O2. The fraction of sp³-hybridized carbons (Fsp3) is 0.700. The van der Waals surface area contributed by atoms with Crippen LogP contribution in [0.15, 0.2) is 18.0 Å². The average Bonchev–Trinajstić information content (AvgIpc) is 2.63. The van der Waals surface area contributed by atoms with Crippen molar-refractivity contribution < 1.29 is 9.53 Å². The molecule has 1 saturated heterocycles. The average molecular weight is 224 g/mol. The lowest BCUT2D eigenvalue weighted by atomic mass is 10.1. The van der Waals surface area contributed by atoms with Gasteiger partial charge in [-0.15, -0.1) is 0 Å². The lowest BCUT2D eigenvalue weighted by Gasteiger charge is -2.15. The molecule has 0 saturated carbocycles. The van der Waals surface area contributed by atoms with Gasteiger partial charge in [-0.3, -0.25) is 4.79 Å². The van der Waals surface area contributed by atoms with Crippen LogP contribution in [0.2, 0.25) is 0 Å². The second-order valence-electron chi connectivity index (χ2n) is 3.71. The molecule has 1 aliphatic rings. The molecule has 0 bridgehead atoms. The van der Waals surface area contributed by atoms with E-state index in [1.807, 2.05) is 0 Å². The zero-order valence-electron chi connectivity index (χ0n) is 9.21. The summed E-state index contributed by atoms with van der Waals surface area (Å²) in [4.78, 5) is 16.0. The summed E-state index contributed by atoms with van der Waals surface area (Å²) < 4.78 is 4.98. The van der Waals surface area contributed by atoms with E-state index < -0.39 is 0 Å². The minimum Gasteiger partial charge on any atom is -0.502 e. The van der Waals surface area contributed by atoms with Crippen molar-refractivity contribution in [3.8, 4) is 0 Å². The highest BCUT2D eigenvalue weighted by Crippen LogP contribution is 2.18. The topological polar surface area (TPSA) is 78.3 Å². The first kappa shape index (κ1) is 12.4. The first-order valence-electron chi connectivity index (χ1n) is 5.29. The van der Waals surface area contributed by atoms with Crippen LogP contribution in [0.4, 0.5) is 0 Å². The summed E-state index contributed by atoms with van der Waals surface area (Å²) in [6.45, 7) is 5.80. The molecule has 0 spiro atoms. The van der Waals surface area contributed by atoms with Gasteiger partial charge in [-0.2, -0.15) is 0 Å². The Hall–Kier alpha value is -1.68. The Morgan fingerprint density at radius 1 is 1.75 bits per heavy atom. The molecule has 6 nitrogen and oxygen atoms in total. The number of hydrogen-bond donors (Lipinski definition) is 0. The molecule has 0 aromatic rings. The summed E-state index contributed by atoms with van der Waals surface area (Å²) in [5, 5.41) is 3.50. The van der Waals surface area contributed by atoms with Gasteiger partial charge in [0.15, 0.2) is 0 Å². The van der Waals surface area contributed by atoms with Crippen molar-refractivity contribution in [3.63, 3.8) is 0 Å². The van der Waals surface area contributed by atoms with Gasteiger partial charge in [0.2, 0.25) is 5.91 Å². The van der Waals surface area contributed by atoms with E-state index in [1.165, 1.54) is 6.26 Å². The predicted octanol–water partition coefficient (Wildman–Crippen LogP) is 1.70. The molecule has 0 radical (unpaired) electrons. The smallest absolute Gasteiger partial charge is 0.222 e. The van der Waals surface area contributed by atoms with Crippen LogP contribution in [-0.4, -0.2) is 37.0 Å². The summed E-state index contributed by atoms with van der Waals surface area (Å²) in [6, 6.07) is 0. The fourth-order valence-corrected chi connectivity index (χ4v) is 1.77. The van der Waals surface area contributed by atoms with Gasteiger partial charge >= 0.3 is 0 Å². The van der Waals surface area contributed by atoms with Crippen molar-refractivity contribution in [1.82, 2.24) is 4.90 Å². The summed E-state index contributed by atoms with van der Waals surface area (Å²) in [6.07, 6.45) is 2.68. The Bertz CT molecular complexity index is 299. The SMILES string of the molecule is C=COCCCN1CC(CN=[N+]=[N-])CC1=O. The Labute approximate surface area is 94.5 Å². The van der Waals surface area contributed by atoms with Gasteiger partial charge in [0, 0.05) is 31.0 Å². The van der Waals surface area contributed by atoms with Crippen LogP contribution in [0.1, 0.15) is 12.8 Å². The molecule has 1 aliphatic heterocycles. The Kier molecular flexibility index (Phi) is 5.22. The second-order valence-corrected chi connectivity index (χ2v) is 3.71. The largest absolute Gasteiger partial charge is 0.502 e. The third-order valence-corrected chi connectivity index (χ3v) is 2.51. The Morgan fingerprint density at radius 2 is 2.56 bits per heavy atom. The maximum absolute atomic E-state index is 11.5. The third kappa shape index (κ3) is 3.82. The standard InChI is InChI=1S/C10H16N4O2/c1-2-16-5-3-4-14-8-9(6-10(14)15)7-12-13-11/h2,9H,1,3-8H2.